The highest BCUT2D eigenvalue weighted by Gasteiger charge is 2.61. The summed E-state index contributed by atoms with van der Waals surface area (Å²) in [6.07, 6.45) is 6.60. The first-order valence-electron chi connectivity index (χ1n) is 22.2. The zero-order valence-electron chi connectivity index (χ0n) is 38.3. The summed E-state index contributed by atoms with van der Waals surface area (Å²) in [6.45, 7) is 17.7. The number of ketones is 1. The molecule has 0 bridgehead atoms. The molecule has 0 spiro atoms. The second-order valence-corrected chi connectivity index (χ2v) is 21.4. The first-order chi connectivity index (χ1) is 29.0. The molecule has 3 aliphatic rings. The number of esters is 1. The molecule has 2 aliphatic heterocycles. The minimum atomic E-state index is -4.14. The highest BCUT2D eigenvalue weighted by atomic mass is 32.2. The van der Waals surface area contributed by atoms with Crippen LogP contribution in [0.3, 0.4) is 0 Å². The average molecular weight is 879 g/mol. The molecule has 2 aromatic heterocycles. The van der Waals surface area contributed by atoms with Crippen molar-refractivity contribution in [2.75, 3.05) is 20.6 Å². The van der Waals surface area contributed by atoms with Gasteiger partial charge in [-0.05, 0) is 84.3 Å². The third-order valence-corrected chi connectivity index (χ3v) is 13.5. The van der Waals surface area contributed by atoms with Crippen LogP contribution in [0, 0.1) is 17.3 Å². The summed E-state index contributed by atoms with van der Waals surface area (Å²) in [4.78, 5) is 68.2. The van der Waals surface area contributed by atoms with Crippen LogP contribution < -0.4 is 9.46 Å². The number of carbonyl (C=O) groups is 4. The van der Waals surface area contributed by atoms with Gasteiger partial charge in [-0.1, -0.05) is 58.8 Å². The van der Waals surface area contributed by atoms with Crippen LogP contribution in [-0.2, 0) is 34.1 Å². The van der Waals surface area contributed by atoms with E-state index in [2.05, 4.69) is 32.4 Å². The van der Waals surface area contributed by atoms with Crippen molar-refractivity contribution in [1.82, 2.24) is 28.5 Å². The second-order valence-electron chi connectivity index (χ2n) is 19.5. The Bertz CT molecular complexity index is 2280. The van der Waals surface area contributed by atoms with Crippen LogP contribution >= 0.6 is 0 Å². The first kappa shape index (κ1) is 46.9. The Balaban J connectivity index is 1.38. The molecule has 2 fully saturated rings. The molecule has 2 amide bonds. The molecule has 1 saturated heterocycles. The molecular formula is C46H66N6O9S. The van der Waals surface area contributed by atoms with E-state index >= 15 is 0 Å². The van der Waals surface area contributed by atoms with Crippen LogP contribution in [0.15, 0.2) is 34.8 Å². The van der Waals surface area contributed by atoms with Gasteiger partial charge in [0.2, 0.25) is 17.7 Å². The topological polar surface area (TPSA) is 183 Å². The summed E-state index contributed by atoms with van der Waals surface area (Å²) in [5, 5.41) is 0. The van der Waals surface area contributed by atoms with Crippen LogP contribution in [0.2, 0.25) is 0 Å². The molecule has 1 aromatic carbocycles. The third kappa shape index (κ3) is 10.1. The standard InChI is InChI=1S/C46H66N6O9S/c1-27(2)38-40(28(3)4)60-41(47-38)33-20-17-21-34-39(33)48-44(52(34)29(5)6)59-32-23-35-36(53)25-46(43(56)49-62(57,58)50(10)11)24-31(46)19-16-14-12-13-15-18-30(42(55)51(35)26-32)22-37(54)61-45(7,8)9/h16-17,19-21,27-32,35H,12-15,18,22-26H2,1-11H3,(H,49,56)/b19-16-/t30-,31-,32-,35+,46-/m1/s1. The number of allylic oxidation sites excluding steroid dienone is 2. The zero-order valence-corrected chi connectivity index (χ0v) is 39.1. The minimum Gasteiger partial charge on any atom is -0.460 e. The molecule has 1 saturated carbocycles. The number of Topliss-reactive ketones (excluding diaryl/α,β-unsaturated/α-hetero) is 1. The summed E-state index contributed by atoms with van der Waals surface area (Å²) in [7, 11) is -1.50. The van der Waals surface area contributed by atoms with Crippen LogP contribution in [-0.4, -0.2) is 94.1 Å². The lowest BCUT2D eigenvalue weighted by molar-refractivity contribution is -0.159. The van der Waals surface area contributed by atoms with E-state index in [-0.39, 0.29) is 67.7 Å². The van der Waals surface area contributed by atoms with Crippen molar-refractivity contribution in [2.45, 2.75) is 156 Å². The smallest absolute Gasteiger partial charge is 0.307 e. The van der Waals surface area contributed by atoms with Crippen molar-refractivity contribution in [3.8, 4) is 17.5 Å². The summed E-state index contributed by atoms with van der Waals surface area (Å²) in [5.41, 5.74) is 0.973. The fourth-order valence-electron chi connectivity index (χ4n) is 8.81. The van der Waals surface area contributed by atoms with Crippen LogP contribution in [0.5, 0.6) is 6.01 Å². The van der Waals surface area contributed by atoms with E-state index < -0.39 is 51.2 Å². The van der Waals surface area contributed by atoms with E-state index in [1.165, 1.54) is 19.0 Å². The van der Waals surface area contributed by atoms with Crippen LogP contribution in [0.1, 0.15) is 149 Å². The molecule has 16 heteroatoms. The third-order valence-electron chi connectivity index (χ3n) is 12.1. The fraction of sp³-hybridized carbons (Fsp3) is 0.652. The number of para-hydroxylation sites is 1. The van der Waals surface area contributed by atoms with Gasteiger partial charge >= 0.3 is 16.2 Å². The molecule has 62 heavy (non-hydrogen) atoms. The zero-order chi connectivity index (χ0) is 45.5. The number of nitrogens with zero attached hydrogens (tertiary/aromatic N) is 5. The molecule has 0 unspecified atom stereocenters. The molecule has 0 radical (unpaired) electrons. The summed E-state index contributed by atoms with van der Waals surface area (Å²) >= 11 is 0. The predicted octanol–water partition coefficient (Wildman–Crippen LogP) is 7.62. The summed E-state index contributed by atoms with van der Waals surface area (Å²) in [5.74, 6) is -1.54. The lowest BCUT2D eigenvalue weighted by atomic mass is 9.90. The van der Waals surface area contributed by atoms with Crippen molar-refractivity contribution >= 4 is 44.8 Å². The van der Waals surface area contributed by atoms with E-state index in [9.17, 15) is 27.6 Å². The Hall–Kier alpha value is -4.57. The fourth-order valence-corrected chi connectivity index (χ4v) is 9.43. The van der Waals surface area contributed by atoms with Gasteiger partial charge in [-0.2, -0.15) is 17.7 Å². The molecule has 6 rings (SSSR count). The highest BCUT2D eigenvalue weighted by Crippen LogP contribution is 2.57. The van der Waals surface area contributed by atoms with Gasteiger partial charge in [-0.15, -0.1) is 0 Å². The Morgan fingerprint density at radius 3 is 2.39 bits per heavy atom. The number of nitrogens with one attached hydrogen (secondary N) is 1. The normalized spacial score (nSPS) is 24.6. The van der Waals surface area contributed by atoms with Crippen molar-refractivity contribution in [2.24, 2.45) is 17.3 Å². The van der Waals surface area contributed by atoms with E-state index in [0.717, 1.165) is 40.5 Å². The lowest BCUT2D eigenvalue weighted by Crippen LogP contribution is -2.47. The molecule has 5 atom stereocenters. The number of fused-ring (bicyclic) bond motifs is 3. The number of amides is 2. The maximum absolute atomic E-state index is 14.8. The van der Waals surface area contributed by atoms with Crippen molar-refractivity contribution < 1.29 is 41.5 Å². The Kier molecular flexibility index (Phi) is 13.8. The number of rotatable bonds is 11. The van der Waals surface area contributed by atoms with Gasteiger partial charge in [0.05, 0.1) is 41.2 Å². The summed E-state index contributed by atoms with van der Waals surface area (Å²) < 4.78 is 49.6. The Labute approximate surface area is 366 Å². The number of oxazole rings is 1. The average Bonchev–Trinajstić information content (AvgIpc) is 3.50. The van der Waals surface area contributed by atoms with Gasteiger partial charge in [0.15, 0.2) is 5.78 Å². The van der Waals surface area contributed by atoms with Gasteiger partial charge in [-0.3, -0.25) is 23.7 Å². The second kappa shape index (κ2) is 18.3. The van der Waals surface area contributed by atoms with Gasteiger partial charge in [0.1, 0.15) is 23.0 Å². The summed E-state index contributed by atoms with van der Waals surface area (Å²) in [6, 6.07) is 5.01. The highest BCUT2D eigenvalue weighted by molar-refractivity contribution is 7.87. The van der Waals surface area contributed by atoms with Crippen LogP contribution in [0.4, 0.5) is 0 Å². The maximum atomic E-state index is 14.8. The number of hydrogen-bond acceptors (Lipinski definition) is 11. The SMILES string of the molecule is CC(C)c1nc(-c2cccc3c2nc(O[C@@H]2C[C@H]4C(=O)C[C@]5(C(=O)NS(=O)(=O)N(C)C)C[C@H]5/C=C\CCCCC[C@H](CC(=O)OC(C)(C)C)C(=O)N4C2)n3C(C)C)oc1C(C)C. The quantitative estimate of drug-likeness (QED) is 0.148. The predicted molar refractivity (Wildman–Crippen MR) is 235 cm³/mol. The molecule has 15 nitrogen and oxygen atoms in total. The van der Waals surface area contributed by atoms with Crippen LogP contribution in [0.25, 0.3) is 22.5 Å². The number of benzene rings is 1. The van der Waals surface area contributed by atoms with Gasteiger partial charge in [0, 0.05) is 44.8 Å². The molecule has 340 valence electrons. The number of ether oxygens (including phenoxy) is 2. The maximum Gasteiger partial charge on any atom is 0.307 e. The molecular weight excluding hydrogens is 813 g/mol. The molecule has 3 aromatic rings. The first-order valence-corrected chi connectivity index (χ1v) is 23.6. The van der Waals surface area contributed by atoms with E-state index in [1.807, 2.05) is 48.8 Å². The Morgan fingerprint density at radius 2 is 1.76 bits per heavy atom. The number of hydrogen-bond donors (Lipinski definition) is 1. The van der Waals surface area contributed by atoms with Crippen molar-refractivity contribution in [1.29, 1.82) is 0 Å². The molecule has 4 heterocycles. The lowest BCUT2D eigenvalue weighted by Gasteiger charge is -2.29. The number of carbonyl (C=O) groups excluding carboxylic acids is 4. The van der Waals surface area contributed by atoms with Gasteiger partial charge in [0.25, 0.3) is 6.01 Å². The Morgan fingerprint density at radius 1 is 1.03 bits per heavy atom. The van der Waals surface area contributed by atoms with Gasteiger partial charge in [-0.25, -0.2) is 9.71 Å². The monoisotopic (exact) mass is 878 g/mol. The van der Waals surface area contributed by atoms with E-state index in [0.29, 0.717) is 35.8 Å². The van der Waals surface area contributed by atoms with Crippen molar-refractivity contribution in [3.63, 3.8) is 0 Å². The largest absolute Gasteiger partial charge is 0.460 e. The van der Waals surface area contributed by atoms with Crippen molar-refractivity contribution in [3.05, 3.63) is 41.8 Å². The van der Waals surface area contributed by atoms with Gasteiger partial charge < -0.3 is 18.8 Å². The molecule has 1 aliphatic carbocycles. The minimum absolute atomic E-state index is 0.0288. The molecule has 1 N–H and O–H groups in total. The van der Waals surface area contributed by atoms with E-state index in [1.54, 1.807) is 20.8 Å². The number of aromatic nitrogens is 3. The number of imidazole rings is 1. The van der Waals surface area contributed by atoms with E-state index in [4.69, 9.17) is 23.9 Å².